The van der Waals surface area contributed by atoms with Gasteiger partial charge in [-0.15, -0.1) is 0 Å². The van der Waals surface area contributed by atoms with E-state index in [0.29, 0.717) is 17.5 Å². The van der Waals surface area contributed by atoms with Crippen LogP contribution in [-0.2, 0) is 9.84 Å². The lowest BCUT2D eigenvalue weighted by Crippen LogP contribution is -2.14. The molecular formula is C12H12N2O3S. The largest absolute Gasteiger partial charge is 0.272 e. The van der Waals surface area contributed by atoms with Crippen molar-refractivity contribution in [3.8, 4) is 0 Å². The summed E-state index contributed by atoms with van der Waals surface area (Å²) in [6.07, 6.45) is 0.575. The van der Waals surface area contributed by atoms with Gasteiger partial charge in [0.25, 0.3) is 5.56 Å². The van der Waals surface area contributed by atoms with E-state index >= 15 is 0 Å². The molecule has 3 rings (SSSR count). The average Bonchev–Trinajstić information content (AvgIpc) is 2.70. The van der Waals surface area contributed by atoms with Crippen molar-refractivity contribution in [3.05, 3.63) is 40.3 Å². The van der Waals surface area contributed by atoms with E-state index in [4.69, 9.17) is 0 Å². The van der Waals surface area contributed by atoms with Crippen molar-refractivity contribution >= 4 is 20.6 Å². The van der Waals surface area contributed by atoms with Gasteiger partial charge in [-0.2, -0.15) is 5.10 Å². The number of hydrogen-bond donors (Lipinski definition) is 1. The van der Waals surface area contributed by atoms with Crippen LogP contribution in [0.5, 0.6) is 0 Å². The van der Waals surface area contributed by atoms with Crippen LogP contribution in [-0.4, -0.2) is 30.1 Å². The molecule has 0 aliphatic carbocycles. The summed E-state index contributed by atoms with van der Waals surface area (Å²) in [4.78, 5) is 11.6. The fraction of sp³-hybridized carbons (Fsp3) is 0.333. The summed E-state index contributed by atoms with van der Waals surface area (Å²) >= 11 is 0. The Morgan fingerprint density at radius 2 is 1.94 bits per heavy atom. The maximum Gasteiger partial charge on any atom is 0.272 e. The lowest BCUT2D eigenvalue weighted by molar-refractivity contribution is 0.601. The molecule has 1 unspecified atom stereocenters. The zero-order valence-corrected chi connectivity index (χ0v) is 10.4. The van der Waals surface area contributed by atoms with Crippen molar-refractivity contribution in [1.29, 1.82) is 0 Å². The molecule has 6 heteroatoms. The van der Waals surface area contributed by atoms with Crippen LogP contribution in [0.3, 0.4) is 0 Å². The monoisotopic (exact) mass is 264 g/mol. The smallest absolute Gasteiger partial charge is 0.267 e. The Bertz CT molecular complexity index is 764. The third kappa shape index (κ3) is 1.82. The minimum Gasteiger partial charge on any atom is -0.267 e. The van der Waals surface area contributed by atoms with Gasteiger partial charge >= 0.3 is 0 Å². The summed E-state index contributed by atoms with van der Waals surface area (Å²) in [6.45, 7) is 0. The molecule has 1 aromatic heterocycles. The van der Waals surface area contributed by atoms with Gasteiger partial charge < -0.3 is 0 Å². The molecule has 94 valence electrons. The lowest BCUT2D eigenvalue weighted by atomic mass is 9.99. The Kier molecular flexibility index (Phi) is 2.48. The Balaban J connectivity index is 2.19. The Hall–Kier alpha value is -1.69. The van der Waals surface area contributed by atoms with Crippen LogP contribution in [0.15, 0.2) is 29.1 Å². The van der Waals surface area contributed by atoms with Gasteiger partial charge in [0.05, 0.1) is 22.6 Å². The molecule has 5 nitrogen and oxygen atoms in total. The molecule has 18 heavy (non-hydrogen) atoms. The van der Waals surface area contributed by atoms with Crippen LogP contribution in [0.25, 0.3) is 10.8 Å². The number of H-pyrrole nitrogens is 1. The van der Waals surface area contributed by atoms with Crippen molar-refractivity contribution in [2.75, 3.05) is 11.5 Å². The first-order valence-corrected chi connectivity index (χ1v) is 7.57. The number of rotatable bonds is 1. The highest BCUT2D eigenvalue weighted by molar-refractivity contribution is 7.91. The first-order valence-electron chi connectivity index (χ1n) is 5.74. The van der Waals surface area contributed by atoms with Gasteiger partial charge in [-0.3, -0.25) is 4.79 Å². The van der Waals surface area contributed by atoms with E-state index in [-0.39, 0.29) is 23.0 Å². The maximum atomic E-state index is 11.6. The number of benzene rings is 1. The van der Waals surface area contributed by atoms with Crippen molar-refractivity contribution in [2.24, 2.45) is 0 Å². The van der Waals surface area contributed by atoms with Gasteiger partial charge in [0.15, 0.2) is 9.84 Å². The highest BCUT2D eigenvalue weighted by atomic mass is 32.2. The molecule has 1 aromatic carbocycles. The number of sulfone groups is 1. The molecule has 1 fully saturated rings. The number of fused-ring (bicyclic) bond motifs is 1. The zero-order chi connectivity index (χ0) is 12.8. The van der Waals surface area contributed by atoms with Gasteiger partial charge in [0.1, 0.15) is 0 Å². The molecule has 1 aliphatic heterocycles. The van der Waals surface area contributed by atoms with Crippen LogP contribution in [0.2, 0.25) is 0 Å². The van der Waals surface area contributed by atoms with Crippen LogP contribution >= 0.6 is 0 Å². The quantitative estimate of drug-likeness (QED) is 0.827. The molecule has 0 saturated carbocycles. The Labute approximate surface area is 104 Å². The van der Waals surface area contributed by atoms with Gasteiger partial charge in [-0.05, 0) is 12.5 Å². The molecule has 2 heterocycles. The average molecular weight is 264 g/mol. The number of nitrogens with one attached hydrogen (secondary N) is 1. The van der Waals surface area contributed by atoms with Crippen LogP contribution < -0.4 is 5.56 Å². The number of nitrogens with zero attached hydrogens (tertiary/aromatic N) is 1. The van der Waals surface area contributed by atoms with Gasteiger partial charge in [0, 0.05) is 11.3 Å². The van der Waals surface area contributed by atoms with Crippen molar-refractivity contribution in [1.82, 2.24) is 10.2 Å². The summed E-state index contributed by atoms with van der Waals surface area (Å²) in [5.41, 5.74) is 0.446. The molecule has 0 radical (unpaired) electrons. The van der Waals surface area contributed by atoms with Crippen LogP contribution in [0.4, 0.5) is 0 Å². The number of aromatic amines is 1. The lowest BCUT2D eigenvalue weighted by Gasteiger charge is -2.09. The second-order valence-electron chi connectivity index (χ2n) is 4.58. The van der Waals surface area contributed by atoms with Gasteiger partial charge in [-0.1, -0.05) is 18.2 Å². The molecule has 0 amide bonds. The predicted molar refractivity (Wildman–Crippen MR) is 68.4 cm³/mol. The molecule has 1 atom stereocenters. The summed E-state index contributed by atoms with van der Waals surface area (Å²) in [6, 6.07) is 7.16. The van der Waals surface area contributed by atoms with E-state index in [1.54, 1.807) is 12.1 Å². The molecule has 1 N–H and O–H groups in total. The van der Waals surface area contributed by atoms with E-state index in [1.807, 2.05) is 12.1 Å². The fourth-order valence-corrected chi connectivity index (χ4v) is 4.21. The van der Waals surface area contributed by atoms with Crippen LogP contribution in [0.1, 0.15) is 18.0 Å². The third-order valence-corrected chi connectivity index (χ3v) is 5.11. The summed E-state index contributed by atoms with van der Waals surface area (Å²) in [5, 5.41) is 7.81. The first-order chi connectivity index (χ1) is 8.57. The Morgan fingerprint density at radius 1 is 1.22 bits per heavy atom. The van der Waals surface area contributed by atoms with Gasteiger partial charge in [0.2, 0.25) is 0 Å². The molecule has 1 aliphatic rings. The molecule has 2 aromatic rings. The molecule has 0 spiro atoms. The molecule has 0 bridgehead atoms. The highest BCUT2D eigenvalue weighted by Gasteiger charge is 2.31. The van der Waals surface area contributed by atoms with E-state index in [0.717, 1.165) is 5.39 Å². The van der Waals surface area contributed by atoms with Crippen molar-refractivity contribution in [2.45, 2.75) is 12.3 Å². The SMILES string of the molecule is O=c1[nH]nc(C2CCS(=O)(=O)C2)c2ccccc12. The normalized spacial score (nSPS) is 22.3. The standard InChI is InChI=1S/C12H12N2O3S/c15-12-10-4-2-1-3-9(10)11(13-14-12)8-5-6-18(16,17)7-8/h1-4,8H,5-7H2,(H,14,15). The summed E-state index contributed by atoms with van der Waals surface area (Å²) < 4.78 is 23.0. The van der Waals surface area contributed by atoms with Crippen LogP contribution in [0, 0.1) is 0 Å². The van der Waals surface area contributed by atoms with Gasteiger partial charge in [-0.25, -0.2) is 13.5 Å². The first kappa shape index (κ1) is 11.4. The second kappa shape index (κ2) is 3.91. The third-order valence-electron chi connectivity index (χ3n) is 3.34. The topological polar surface area (TPSA) is 79.9 Å². The predicted octanol–water partition coefficient (Wildman–Crippen LogP) is 0.825. The summed E-state index contributed by atoms with van der Waals surface area (Å²) in [5.74, 6) is 0.208. The van der Waals surface area contributed by atoms with E-state index in [1.165, 1.54) is 0 Å². The van der Waals surface area contributed by atoms with E-state index in [2.05, 4.69) is 10.2 Å². The zero-order valence-electron chi connectivity index (χ0n) is 9.59. The van der Waals surface area contributed by atoms with Crippen molar-refractivity contribution in [3.63, 3.8) is 0 Å². The second-order valence-corrected chi connectivity index (χ2v) is 6.81. The maximum absolute atomic E-state index is 11.6. The summed E-state index contributed by atoms with van der Waals surface area (Å²) in [7, 11) is -2.95. The minimum absolute atomic E-state index is 0.114. The van der Waals surface area contributed by atoms with E-state index in [9.17, 15) is 13.2 Å². The number of hydrogen-bond acceptors (Lipinski definition) is 4. The highest BCUT2D eigenvalue weighted by Crippen LogP contribution is 2.30. The minimum atomic E-state index is -2.95. The fourth-order valence-electron chi connectivity index (χ4n) is 2.46. The number of aromatic nitrogens is 2. The van der Waals surface area contributed by atoms with Crippen molar-refractivity contribution < 1.29 is 8.42 Å². The molecule has 1 saturated heterocycles. The van der Waals surface area contributed by atoms with E-state index < -0.39 is 9.84 Å². The Morgan fingerprint density at radius 3 is 2.61 bits per heavy atom. The molecular weight excluding hydrogens is 252 g/mol.